The maximum absolute atomic E-state index is 13.1. The molecule has 1 aromatic rings. The van der Waals surface area contributed by atoms with Crippen LogP contribution in [0.2, 0.25) is 5.02 Å². The Kier molecular flexibility index (Phi) is 4.29. The van der Waals surface area contributed by atoms with Crippen LogP contribution in [0.5, 0.6) is 0 Å². The van der Waals surface area contributed by atoms with Gasteiger partial charge < -0.3 is 0 Å². The molecular weight excluding hydrogens is 282 g/mol. The van der Waals surface area contributed by atoms with Gasteiger partial charge in [0.25, 0.3) is 0 Å². The summed E-state index contributed by atoms with van der Waals surface area (Å²) in [6.07, 6.45) is 1.66. The summed E-state index contributed by atoms with van der Waals surface area (Å²) in [5, 5.41) is 5.48. The second-order valence-electron chi connectivity index (χ2n) is 2.83. The van der Waals surface area contributed by atoms with E-state index in [1.165, 1.54) is 17.1 Å². The molecule has 15 heavy (non-hydrogen) atoms. The standard InChI is InChI=1S/C10H9BrClFN2/c1-7(11)6-15(14-2)10-4-8(12)3-9(13)5-10/h3-6H,2H2,1H3/b7-6+. The van der Waals surface area contributed by atoms with E-state index in [2.05, 4.69) is 27.7 Å². The van der Waals surface area contributed by atoms with E-state index in [1.54, 1.807) is 12.3 Å². The Labute approximate surface area is 101 Å². The van der Waals surface area contributed by atoms with Crippen molar-refractivity contribution in [2.45, 2.75) is 6.92 Å². The third-order valence-corrected chi connectivity index (χ3v) is 1.99. The van der Waals surface area contributed by atoms with Gasteiger partial charge in [0.1, 0.15) is 5.82 Å². The van der Waals surface area contributed by atoms with Gasteiger partial charge in [-0.3, -0.25) is 0 Å². The van der Waals surface area contributed by atoms with Crippen LogP contribution < -0.4 is 5.01 Å². The zero-order valence-corrected chi connectivity index (χ0v) is 10.4. The van der Waals surface area contributed by atoms with E-state index in [9.17, 15) is 4.39 Å². The van der Waals surface area contributed by atoms with E-state index < -0.39 is 5.82 Å². The van der Waals surface area contributed by atoms with Crippen molar-refractivity contribution in [2.24, 2.45) is 5.10 Å². The molecule has 0 unspecified atom stereocenters. The summed E-state index contributed by atoms with van der Waals surface area (Å²) >= 11 is 8.98. The molecule has 0 heterocycles. The predicted molar refractivity (Wildman–Crippen MR) is 66.1 cm³/mol. The fourth-order valence-corrected chi connectivity index (χ4v) is 1.45. The van der Waals surface area contributed by atoms with Gasteiger partial charge in [-0.2, -0.15) is 5.10 Å². The SMILES string of the molecule is C=NN(/C=C(\C)Br)c1cc(F)cc(Cl)c1. The van der Waals surface area contributed by atoms with E-state index in [-0.39, 0.29) is 0 Å². The Hall–Kier alpha value is -0.870. The van der Waals surface area contributed by atoms with Crippen molar-refractivity contribution in [3.8, 4) is 0 Å². The summed E-state index contributed by atoms with van der Waals surface area (Å²) in [7, 11) is 0. The van der Waals surface area contributed by atoms with Crippen LogP contribution in [0.25, 0.3) is 0 Å². The van der Waals surface area contributed by atoms with Gasteiger partial charge in [-0.15, -0.1) is 0 Å². The molecule has 0 aromatic heterocycles. The molecule has 1 rings (SSSR count). The van der Waals surface area contributed by atoms with Gasteiger partial charge in [-0.25, -0.2) is 9.40 Å². The van der Waals surface area contributed by atoms with Crippen LogP contribution in [0.4, 0.5) is 10.1 Å². The highest BCUT2D eigenvalue weighted by Crippen LogP contribution is 2.23. The zero-order chi connectivity index (χ0) is 11.4. The number of hydrazone groups is 1. The number of rotatable bonds is 3. The predicted octanol–water partition coefficient (Wildman–Crippen LogP) is 4.16. The smallest absolute Gasteiger partial charge is 0.126 e. The lowest BCUT2D eigenvalue weighted by atomic mass is 10.3. The average molecular weight is 292 g/mol. The fraction of sp³-hybridized carbons (Fsp3) is 0.100. The summed E-state index contributed by atoms with van der Waals surface area (Å²) in [4.78, 5) is 0. The van der Waals surface area contributed by atoms with Crippen molar-refractivity contribution < 1.29 is 4.39 Å². The van der Waals surface area contributed by atoms with Gasteiger partial charge in [0.2, 0.25) is 0 Å². The number of benzene rings is 1. The largest absolute Gasteiger partial charge is 0.241 e. The number of nitrogens with zero attached hydrogens (tertiary/aromatic N) is 2. The molecular formula is C10H9BrClFN2. The Bertz CT molecular complexity index is 382. The lowest BCUT2D eigenvalue weighted by Crippen LogP contribution is -2.07. The highest BCUT2D eigenvalue weighted by atomic mass is 79.9. The number of allylic oxidation sites excluding steroid dienone is 1. The van der Waals surface area contributed by atoms with E-state index >= 15 is 0 Å². The van der Waals surface area contributed by atoms with Gasteiger partial charge in [0, 0.05) is 22.4 Å². The number of halogens is 3. The normalized spacial score (nSPS) is 11.3. The third-order valence-electron chi connectivity index (χ3n) is 1.56. The van der Waals surface area contributed by atoms with Gasteiger partial charge in [0.05, 0.1) is 5.69 Å². The van der Waals surface area contributed by atoms with Crippen molar-refractivity contribution in [3.05, 3.63) is 39.7 Å². The topological polar surface area (TPSA) is 15.6 Å². The number of hydrogen-bond acceptors (Lipinski definition) is 2. The van der Waals surface area contributed by atoms with Gasteiger partial charge >= 0.3 is 0 Å². The van der Waals surface area contributed by atoms with Gasteiger partial charge in [0.15, 0.2) is 0 Å². The summed E-state index contributed by atoms with van der Waals surface area (Å²) in [5.41, 5.74) is 0.522. The molecule has 0 aliphatic rings. The number of anilines is 1. The first-order chi connectivity index (χ1) is 7.02. The quantitative estimate of drug-likeness (QED) is 0.603. The first kappa shape index (κ1) is 12.2. The second kappa shape index (κ2) is 5.28. The maximum atomic E-state index is 13.1. The van der Waals surface area contributed by atoms with Crippen LogP contribution in [0.3, 0.4) is 0 Å². The van der Waals surface area contributed by atoms with E-state index in [0.717, 1.165) is 4.48 Å². The molecule has 0 atom stereocenters. The Morgan fingerprint density at radius 3 is 2.73 bits per heavy atom. The van der Waals surface area contributed by atoms with Gasteiger partial charge in [-0.1, -0.05) is 27.5 Å². The van der Waals surface area contributed by atoms with E-state index in [4.69, 9.17) is 11.6 Å². The highest BCUT2D eigenvalue weighted by molar-refractivity contribution is 9.11. The molecule has 0 N–H and O–H groups in total. The first-order valence-electron chi connectivity index (χ1n) is 4.09. The second-order valence-corrected chi connectivity index (χ2v) is 4.52. The lowest BCUT2D eigenvalue weighted by Gasteiger charge is -2.14. The molecule has 5 heteroatoms. The number of hydrogen-bond donors (Lipinski definition) is 0. The van der Waals surface area contributed by atoms with Crippen LogP contribution in [-0.2, 0) is 0 Å². The molecule has 1 aromatic carbocycles. The molecule has 2 nitrogen and oxygen atoms in total. The van der Waals surface area contributed by atoms with E-state index in [0.29, 0.717) is 10.7 Å². The summed E-state index contributed by atoms with van der Waals surface area (Å²) in [6, 6.07) is 4.16. The minimum absolute atomic E-state index is 0.319. The molecule has 0 fully saturated rings. The van der Waals surface area contributed by atoms with Crippen LogP contribution in [-0.4, -0.2) is 6.72 Å². The average Bonchev–Trinajstić information content (AvgIpc) is 2.12. The van der Waals surface area contributed by atoms with Crippen LogP contribution in [0.1, 0.15) is 6.92 Å². The molecule has 0 aliphatic carbocycles. The minimum Gasteiger partial charge on any atom is -0.241 e. The Morgan fingerprint density at radius 1 is 1.60 bits per heavy atom. The maximum Gasteiger partial charge on any atom is 0.126 e. The third kappa shape index (κ3) is 3.64. The van der Waals surface area contributed by atoms with Gasteiger partial charge in [-0.05, 0) is 25.1 Å². The molecule has 0 radical (unpaired) electrons. The van der Waals surface area contributed by atoms with Crippen LogP contribution in [0.15, 0.2) is 34.0 Å². The van der Waals surface area contributed by atoms with E-state index in [1.807, 2.05) is 6.92 Å². The summed E-state index contributed by atoms with van der Waals surface area (Å²) in [5.74, 6) is -0.410. The minimum atomic E-state index is -0.410. The molecule has 0 spiro atoms. The van der Waals surface area contributed by atoms with Crippen molar-refractivity contribution in [3.63, 3.8) is 0 Å². The lowest BCUT2D eigenvalue weighted by molar-refractivity contribution is 0.627. The molecule has 80 valence electrons. The molecule has 0 aliphatic heterocycles. The Morgan fingerprint density at radius 2 is 2.27 bits per heavy atom. The fourth-order valence-electron chi connectivity index (χ4n) is 1.04. The molecule has 0 bridgehead atoms. The van der Waals surface area contributed by atoms with Crippen molar-refractivity contribution in [1.29, 1.82) is 0 Å². The van der Waals surface area contributed by atoms with Crippen molar-refractivity contribution in [2.75, 3.05) is 5.01 Å². The summed E-state index contributed by atoms with van der Waals surface area (Å²) in [6.45, 7) is 5.23. The first-order valence-corrected chi connectivity index (χ1v) is 5.26. The molecule has 0 amide bonds. The van der Waals surface area contributed by atoms with Crippen LogP contribution in [0, 0.1) is 5.82 Å². The van der Waals surface area contributed by atoms with Crippen molar-refractivity contribution in [1.82, 2.24) is 0 Å². The van der Waals surface area contributed by atoms with Crippen LogP contribution >= 0.6 is 27.5 Å². The monoisotopic (exact) mass is 290 g/mol. The summed E-state index contributed by atoms with van der Waals surface area (Å²) < 4.78 is 13.9. The Balaban J connectivity index is 3.12. The highest BCUT2D eigenvalue weighted by Gasteiger charge is 2.04. The zero-order valence-electron chi connectivity index (χ0n) is 8.04. The molecule has 0 saturated carbocycles. The molecule has 0 saturated heterocycles. The van der Waals surface area contributed by atoms with Crippen molar-refractivity contribution >= 4 is 39.9 Å².